The maximum atomic E-state index is 13.2. The van der Waals surface area contributed by atoms with Crippen molar-refractivity contribution in [3.05, 3.63) is 131 Å². The summed E-state index contributed by atoms with van der Waals surface area (Å²) in [6.07, 6.45) is -4.54. The van der Waals surface area contributed by atoms with Crippen molar-refractivity contribution in [1.82, 2.24) is 4.90 Å². The Kier molecular flexibility index (Phi) is 7.97. The van der Waals surface area contributed by atoms with Crippen LogP contribution in [-0.4, -0.2) is 16.0 Å². The summed E-state index contributed by atoms with van der Waals surface area (Å²) < 4.78 is 44.9. The molecule has 5 rings (SSSR count). The molecule has 216 valence electrons. The number of alkyl halides is 3. The number of halogens is 3. The zero-order chi connectivity index (χ0) is 30.1. The van der Waals surface area contributed by atoms with E-state index in [0.717, 1.165) is 50.2 Å². The molecule has 1 aromatic heterocycles. The second kappa shape index (κ2) is 11.5. The van der Waals surface area contributed by atoms with Crippen molar-refractivity contribution in [3.8, 4) is 11.1 Å². The molecule has 0 unspecified atom stereocenters. The summed E-state index contributed by atoms with van der Waals surface area (Å²) in [5.41, 5.74) is 4.92. The van der Waals surface area contributed by atoms with Gasteiger partial charge in [-0.3, -0.25) is 9.69 Å². The fourth-order valence-corrected chi connectivity index (χ4v) is 5.15. The number of aliphatic carboxylic acids is 1. The summed E-state index contributed by atoms with van der Waals surface area (Å²) in [6.45, 7) is 6.64. The van der Waals surface area contributed by atoms with Crippen LogP contribution in [0.3, 0.4) is 0 Å². The van der Waals surface area contributed by atoms with Crippen LogP contribution in [0, 0.1) is 6.92 Å². The van der Waals surface area contributed by atoms with Crippen LogP contribution in [0.2, 0.25) is 0 Å². The van der Waals surface area contributed by atoms with Gasteiger partial charge in [-0.25, -0.2) is 0 Å². The minimum absolute atomic E-state index is 0.210. The van der Waals surface area contributed by atoms with E-state index in [0.29, 0.717) is 13.1 Å². The van der Waals surface area contributed by atoms with E-state index in [2.05, 4.69) is 29.2 Å². The van der Waals surface area contributed by atoms with E-state index in [1.807, 2.05) is 67.6 Å². The topological polar surface area (TPSA) is 53.7 Å². The molecule has 0 saturated heterocycles. The summed E-state index contributed by atoms with van der Waals surface area (Å²) in [5, 5.41) is 11.7. The molecule has 7 heteroatoms. The highest BCUT2D eigenvalue weighted by atomic mass is 19.4. The first-order valence-corrected chi connectivity index (χ1v) is 13.7. The number of hydrogen-bond donors (Lipinski definition) is 1. The lowest BCUT2D eigenvalue weighted by atomic mass is 9.84. The minimum atomic E-state index is -4.54. The summed E-state index contributed by atoms with van der Waals surface area (Å²) in [7, 11) is 0. The second-order valence-electron chi connectivity index (χ2n) is 11.2. The number of furan rings is 1. The van der Waals surface area contributed by atoms with Crippen molar-refractivity contribution < 1.29 is 27.5 Å². The maximum Gasteiger partial charge on any atom is 0.449 e. The Morgan fingerprint density at radius 3 is 2.05 bits per heavy atom. The van der Waals surface area contributed by atoms with Crippen molar-refractivity contribution in [2.24, 2.45) is 0 Å². The second-order valence-corrected chi connectivity index (χ2v) is 11.2. The smallest absolute Gasteiger partial charge is 0.449 e. The van der Waals surface area contributed by atoms with Crippen molar-refractivity contribution in [2.75, 3.05) is 0 Å². The number of aryl methyl sites for hydroxylation is 1. The molecule has 42 heavy (non-hydrogen) atoms. The Morgan fingerprint density at radius 1 is 0.786 bits per heavy atom. The lowest BCUT2D eigenvalue weighted by Crippen LogP contribution is -2.28. The van der Waals surface area contributed by atoms with E-state index in [9.17, 15) is 23.1 Å². The molecule has 0 spiro atoms. The highest BCUT2D eigenvalue weighted by Crippen LogP contribution is 2.32. The zero-order valence-corrected chi connectivity index (χ0v) is 23.7. The number of benzene rings is 4. The van der Waals surface area contributed by atoms with Crippen LogP contribution in [0.5, 0.6) is 0 Å². The Bertz CT molecular complexity index is 1700. The molecule has 5 aromatic rings. The lowest BCUT2D eigenvalue weighted by Gasteiger charge is -2.24. The molecule has 0 aliphatic heterocycles. The Morgan fingerprint density at radius 2 is 1.43 bits per heavy atom. The molecule has 0 bridgehead atoms. The number of fused-ring (bicyclic) bond motifs is 1. The van der Waals surface area contributed by atoms with Gasteiger partial charge in [0.1, 0.15) is 5.76 Å². The van der Waals surface area contributed by atoms with Crippen LogP contribution in [0.4, 0.5) is 13.2 Å². The predicted octanol–water partition coefficient (Wildman–Crippen LogP) is 8.99. The van der Waals surface area contributed by atoms with Gasteiger partial charge in [-0.2, -0.15) is 13.2 Å². The molecule has 0 saturated carbocycles. The van der Waals surface area contributed by atoms with Gasteiger partial charge in [0.2, 0.25) is 5.76 Å². The molecule has 1 heterocycles. The van der Waals surface area contributed by atoms with Crippen LogP contribution in [0.25, 0.3) is 21.9 Å². The predicted molar refractivity (Wildman–Crippen MR) is 158 cm³/mol. The average Bonchev–Trinajstić information content (AvgIpc) is 3.44. The van der Waals surface area contributed by atoms with Gasteiger partial charge < -0.3 is 9.52 Å². The molecular weight excluding hydrogens is 539 g/mol. The number of carbonyl (C=O) groups is 1. The van der Waals surface area contributed by atoms with E-state index in [-0.39, 0.29) is 12.3 Å². The van der Waals surface area contributed by atoms with Crippen LogP contribution in [-0.2, 0) is 36.0 Å². The Hall–Kier alpha value is -4.36. The molecule has 4 nitrogen and oxygen atoms in total. The summed E-state index contributed by atoms with van der Waals surface area (Å²) in [4.78, 5) is 13.7. The third kappa shape index (κ3) is 6.26. The van der Waals surface area contributed by atoms with Crippen LogP contribution >= 0.6 is 0 Å². The van der Waals surface area contributed by atoms with Gasteiger partial charge in [0.05, 0.1) is 12.0 Å². The summed E-state index contributed by atoms with van der Waals surface area (Å²) >= 11 is 0. The number of hydrogen-bond acceptors (Lipinski definition) is 3. The van der Waals surface area contributed by atoms with Crippen molar-refractivity contribution in [3.63, 3.8) is 0 Å². The van der Waals surface area contributed by atoms with Gasteiger partial charge in [0, 0.05) is 13.1 Å². The normalized spacial score (nSPS) is 12.3. The molecule has 0 fully saturated rings. The minimum Gasteiger partial charge on any atom is -0.481 e. The van der Waals surface area contributed by atoms with Crippen LogP contribution in [0.1, 0.15) is 47.6 Å². The first-order chi connectivity index (χ1) is 19.9. The molecule has 0 aliphatic rings. The number of rotatable bonds is 9. The number of carboxylic acid groups (broad SMARTS) is 1. The third-order valence-electron chi connectivity index (χ3n) is 7.81. The van der Waals surface area contributed by atoms with Gasteiger partial charge in [-0.15, -0.1) is 0 Å². The molecule has 1 N–H and O–H groups in total. The van der Waals surface area contributed by atoms with E-state index >= 15 is 0 Å². The zero-order valence-electron chi connectivity index (χ0n) is 23.7. The SMILES string of the molecule is Cc1ccc2ccccc2c1CN(Cc1ccc(-c2ccc(C(C)(C)C(=O)O)cc2)cc1)Cc1ccc(C(F)(F)F)o1. The van der Waals surface area contributed by atoms with Gasteiger partial charge in [0.15, 0.2) is 0 Å². The van der Waals surface area contributed by atoms with Crippen LogP contribution < -0.4 is 0 Å². The highest BCUT2D eigenvalue weighted by molar-refractivity contribution is 5.86. The monoisotopic (exact) mass is 571 g/mol. The van der Waals surface area contributed by atoms with Gasteiger partial charge in [0.25, 0.3) is 0 Å². The van der Waals surface area contributed by atoms with Crippen LogP contribution in [0.15, 0.2) is 101 Å². The first-order valence-electron chi connectivity index (χ1n) is 13.7. The van der Waals surface area contributed by atoms with Gasteiger partial charge in [-0.1, -0.05) is 84.9 Å². The molecular formula is C35H32F3NO3. The van der Waals surface area contributed by atoms with E-state index in [1.54, 1.807) is 13.8 Å². The molecule has 4 aromatic carbocycles. The molecule has 0 amide bonds. The first kappa shape index (κ1) is 29.1. The molecule has 0 aliphatic carbocycles. The van der Waals surface area contributed by atoms with Crippen molar-refractivity contribution >= 4 is 16.7 Å². The molecule has 0 atom stereocenters. The lowest BCUT2D eigenvalue weighted by molar-refractivity contribution is -0.153. The Labute approximate surface area is 243 Å². The van der Waals surface area contributed by atoms with Crippen molar-refractivity contribution in [1.29, 1.82) is 0 Å². The Balaban J connectivity index is 1.41. The van der Waals surface area contributed by atoms with Gasteiger partial charge in [-0.05, 0) is 77.1 Å². The summed E-state index contributed by atoms with van der Waals surface area (Å²) in [5.74, 6) is -1.63. The quantitative estimate of drug-likeness (QED) is 0.192. The largest absolute Gasteiger partial charge is 0.481 e. The standard InChI is InChI=1S/C35H32F3NO3/c1-23-8-11-27-6-4-5-7-30(27)31(23)22-39(21-29-18-19-32(42-29)35(36,37)38)20-24-9-12-25(13-10-24)26-14-16-28(17-15-26)34(2,3)33(40)41/h4-19H,20-22H2,1-3H3,(H,40,41). The number of nitrogens with zero attached hydrogens (tertiary/aromatic N) is 1. The summed E-state index contributed by atoms with van der Waals surface area (Å²) in [6, 6.07) is 30.2. The maximum absolute atomic E-state index is 13.2. The number of carboxylic acids is 1. The average molecular weight is 572 g/mol. The van der Waals surface area contributed by atoms with E-state index in [1.165, 1.54) is 6.07 Å². The molecule has 0 radical (unpaired) electrons. The van der Waals surface area contributed by atoms with E-state index in [4.69, 9.17) is 4.42 Å². The van der Waals surface area contributed by atoms with Gasteiger partial charge >= 0.3 is 12.1 Å². The highest BCUT2D eigenvalue weighted by Gasteiger charge is 2.35. The fourth-order valence-electron chi connectivity index (χ4n) is 5.15. The van der Waals surface area contributed by atoms with E-state index < -0.39 is 23.3 Å². The fraction of sp³-hybridized carbons (Fsp3) is 0.229. The van der Waals surface area contributed by atoms with Crippen molar-refractivity contribution in [2.45, 2.75) is 52.0 Å². The third-order valence-corrected chi connectivity index (χ3v) is 7.81.